The molecule has 0 unspecified atom stereocenters. The molecule has 0 aliphatic rings. The Morgan fingerprint density at radius 1 is 0.221 bits per heavy atom. The molecule has 358 valence electrons. The zero-order chi connectivity index (χ0) is 92.6. The number of hydrogen-bond donors (Lipinski definition) is 0. The summed E-state index contributed by atoms with van der Waals surface area (Å²) >= 11 is 0. The summed E-state index contributed by atoms with van der Waals surface area (Å²) in [5.74, 6) is 0. The van der Waals surface area contributed by atoms with Gasteiger partial charge in [0.2, 0.25) is 0 Å². The van der Waals surface area contributed by atoms with Crippen LogP contribution >= 0.6 is 0 Å². The summed E-state index contributed by atoms with van der Waals surface area (Å²) in [6, 6.07) is -42.8. The second-order valence-electron chi connectivity index (χ2n) is 16.5. The zero-order valence-corrected chi connectivity index (χ0v) is 38.4. The first-order chi connectivity index (χ1) is 58.2. The number of rotatable bonds is 5. The molecule has 0 fully saturated rings. The third-order valence-electron chi connectivity index (χ3n) is 12.4. The van der Waals surface area contributed by atoms with Gasteiger partial charge in [-0.3, -0.25) is 0 Å². The molecule has 0 N–H and O–H groups in total. The lowest BCUT2D eigenvalue weighted by Gasteiger charge is -2.19. The first kappa shape index (κ1) is 17.5. The summed E-state index contributed by atoms with van der Waals surface area (Å²) in [4.78, 5) is 0. The van der Waals surface area contributed by atoms with Crippen LogP contribution in [0, 0.1) is 0 Å². The van der Waals surface area contributed by atoms with Gasteiger partial charge in [-0.2, -0.15) is 0 Å². The van der Waals surface area contributed by atoms with Crippen molar-refractivity contribution in [3.63, 3.8) is 0 Å². The van der Waals surface area contributed by atoms with Gasteiger partial charge in [0.25, 0.3) is 0 Å². The summed E-state index contributed by atoms with van der Waals surface area (Å²) in [7, 11) is 0. The van der Waals surface area contributed by atoms with Crippen LogP contribution in [0.1, 0.15) is 65.8 Å². The van der Waals surface area contributed by atoms with Crippen LogP contribution < -0.4 is 0 Å². The number of benzene rings is 15. The van der Waals surface area contributed by atoms with Gasteiger partial charge in [-0.1, -0.05) is 266 Å². The third-order valence-corrected chi connectivity index (χ3v) is 12.4. The van der Waals surface area contributed by atoms with E-state index in [0.717, 1.165) is 0 Å². The van der Waals surface area contributed by atoms with Crippen molar-refractivity contribution in [2.75, 3.05) is 0 Å². The quantitative estimate of drug-likeness (QED) is 0.157. The zero-order valence-electron chi connectivity index (χ0n) is 86.4. The van der Waals surface area contributed by atoms with E-state index >= 15 is 0 Å². The second kappa shape index (κ2) is 18.4. The van der Waals surface area contributed by atoms with Crippen LogP contribution in [0.3, 0.4) is 0 Å². The van der Waals surface area contributed by atoms with Crippen molar-refractivity contribution < 1.29 is 70.2 Å². The Morgan fingerprint density at radius 3 is 1.26 bits per heavy atom. The highest BCUT2D eigenvalue weighted by molar-refractivity contribution is 6.27. The monoisotopic (exact) mass is 1020 g/mol. The molecule has 0 aliphatic carbocycles. The number of fused-ring (bicyclic) bond motifs is 11. The molecule has 0 aliphatic heterocycles. The first-order valence-corrected chi connectivity index (χ1v) is 22.7. The molecule has 1 heterocycles. The third kappa shape index (κ3) is 7.39. The molecule has 0 amide bonds. The number of hydrogen-bond acceptors (Lipinski definition) is 1. The molecule has 1 nitrogen and oxygen atoms in total. The first-order valence-electron chi connectivity index (χ1n) is 46.7. The maximum atomic E-state index is 9.70. The Bertz CT molecular complexity index is 7720. The molecule has 0 radical (unpaired) electrons. The van der Waals surface area contributed by atoms with Crippen molar-refractivity contribution in [1.29, 1.82) is 0 Å². The molecule has 0 atom stereocenters. The van der Waals surface area contributed by atoms with E-state index in [2.05, 4.69) is 0 Å². The summed E-state index contributed by atoms with van der Waals surface area (Å²) < 4.78 is 431. The van der Waals surface area contributed by atoms with Gasteiger partial charge < -0.3 is 4.42 Å². The van der Waals surface area contributed by atoms with Crippen molar-refractivity contribution >= 4 is 97.3 Å². The van der Waals surface area contributed by atoms with Gasteiger partial charge in [0.15, 0.2) is 0 Å². The van der Waals surface area contributed by atoms with Gasteiger partial charge in [0.05, 0.1) is 65.8 Å². The fourth-order valence-electron chi connectivity index (χ4n) is 9.28. The van der Waals surface area contributed by atoms with Gasteiger partial charge in [0.1, 0.15) is 11.2 Å². The van der Waals surface area contributed by atoms with Gasteiger partial charge in [0, 0.05) is 16.2 Å². The summed E-state index contributed by atoms with van der Waals surface area (Å²) in [6.45, 7) is 0. The lowest BCUT2D eigenvalue weighted by molar-refractivity contribution is 0.673. The normalized spacial score (nSPS) is 20.4. The molecular weight excluding hydrogens is 929 g/mol. The fourth-order valence-corrected chi connectivity index (χ4v) is 9.28. The maximum absolute atomic E-state index is 9.70. The van der Waals surface area contributed by atoms with Crippen LogP contribution in [0.4, 0.5) is 0 Å². The second-order valence-corrected chi connectivity index (χ2v) is 16.5. The van der Waals surface area contributed by atoms with Crippen molar-refractivity contribution in [2.24, 2.45) is 0 Å². The number of furan rings is 1. The molecule has 1 heteroatoms. The Labute approximate surface area is 513 Å². The Kier molecular flexibility index (Phi) is 4.18. The summed E-state index contributed by atoms with van der Waals surface area (Å²) in [5.41, 5.74) is -8.21. The van der Waals surface area contributed by atoms with E-state index in [-0.39, 0.29) is 0 Å². The van der Waals surface area contributed by atoms with Crippen LogP contribution in [-0.4, -0.2) is 0 Å². The molecule has 1 aromatic heterocycles. The Hall–Kier alpha value is -10.1. The van der Waals surface area contributed by atoms with Crippen molar-refractivity contribution in [3.05, 3.63) is 290 Å². The minimum Gasteiger partial charge on any atom is -0.455 e. The van der Waals surface area contributed by atoms with E-state index < -0.39 is 443 Å². The molecular formula is C76H48O. The molecule has 16 rings (SSSR count). The van der Waals surface area contributed by atoms with Crippen LogP contribution in [-0.2, 0) is 0 Å². The molecule has 0 saturated heterocycles. The van der Waals surface area contributed by atoms with Crippen molar-refractivity contribution in [1.82, 2.24) is 0 Å². The van der Waals surface area contributed by atoms with E-state index in [1.807, 2.05) is 0 Å². The van der Waals surface area contributed by atoms with E-state index in [1.54, 1.807) is 0 Å². The average Bonchev–Trinajstić information content (AvgIpc) is 1.44. The van der Waals surface area contributed by atoms with Crippen LogP contribution in [0.15, 0.2) is 294 Å². The van der Waals surface area contributed by atoms with E-state index in [9.17, 15) is 17.8 Å². The molecule has 77 heavy (non-hydrogen) atoms. The van der Waals surface area contributed by atoms with Gasteiger partial charge in [-0.25, -0.2) is 0 Å². The Morgan fingerprint density at radius 2 is 0.623 bits per heavy atom. The predicted molar refractivity (Wildman–Crippen MR) is 330 cm³/mol. The highest BCUT2D eigenvalue weighted by Gasteiger charge is 2.22. The fraction of sp³-hybridized carbons (Fsp3) is 0. The van der Waals surface area contributed by atoms with E-state index in [1.165, 1.54) is 0 Å². The van der Waals surface area contributed by atoms with Gasteiger partial charge >= 0.3 is 0 Å². The van der Waals surface area contributed by atoms with Crippen LogP contribution in [0.25, 0.3) is 153 Å². The minimum atomic E-state index is -1.07. The van der Waals surface area contributed by atoms with Crippen molar-refractivity contribution in [2.45, 2.75) is 0 Å². The summed E-state index contributed by atoms with van der Waals surface area (Å²) in [5, 5.41) is -9.54. The van der Waals surface area contributed by atoms with Gasteiger partial charge in [-0.05, 0) is 150 Å². The SMILES string of the molecule is [2H]c1c([2H])c(-c2c([2H])c([2H])c3c([2H])c([2H])c([2H])c([2H])c3c2[2H])c([2H])c(-c2c3c([2H])c([2H])c([2H])c([2H])c3c(-c3c([2H])c([2H])c([2H])c4c([2H])c([2H])c([2H])c([2H])c34)c3c([2H])c([2H])c([2H])c([2H])c23)c1[2H].[2H]c1c([2H])c([2H])c(-c2c3c([2H])c([2H])c([2H])c([2H])c3c(-c3c([2H])c([2H])c([2H])c4oc5c6c([2H])c([2H])c([2H])c([2H])c6c([2H])c([2H])c5c34)c3c([2H])c([2H])c([2H])c([2H])c23)c([2H])c1[2H]. The van der Waals surface area contributed by atoms with Crippen molar-refractivity contribution in [3.8, 4) is 55.6 Å². The molecule has 0 spiro atoms. The maximum Gasteiger partial charge on any atom is 0.143 e. The smallest absolute Gasteiger partial charge is 0.143 e. The highest BCUT2D eigenvalue weighted by Crippen LogP contribution is 2.49. The summed E-state index contributed by atoms with van der Waals surface area (Å²) in [6.07, 6.45) is 0. The molecule has 15 aromatic carbocycles. The van der Waals surface area contributed by atoms with Gasteiger partial charge in [-0.15, -0.1) is 0 Å². The predicted octanol–water partition coefficient (Wildman–Crippen LogP) is 21.7. The van der Waals surface area contributed by atoms with Crippen LogP contribution in [0.5, 0.6) is 0 Å². The highest BCUT2D eigenvalue weighted by atomic mass is 16.3. The Balaban J connectivity index is 0.000000194. The molecule has 0 saturated carbocycles. The van der Waals surface area contributed by atoms with Crippen LogP contribution in [0.2, 0.25) is 0 Å². The lowest BCUT2D eigenvalue weighted by atomic mass is 9.84. The minimum absolute atomic E-state index is 0.401. The lowest BCUT2D eigenvalue weighted by Crippen LogP contribution is -1.92. The average molecular weight is 1030 g/mol. The van der Waals surface area contributed by atoms with E-state index in [0.29, 0.717) is 0 Å². The topological polar surface area (TPSA) is 13.1 Å². The van der Waals surface area contributed by atoms with E-state index in [4.69, 9.17) is 52.4 Å². The molecule has 16 aromatic rings. The molecule has 0 bridgehead atoms. The standard InChI is InChI=1S/C40H26.C36H22O/c1-2-13-29-25-31(24-23-27(29)11-1)30-15-9-16-32(26-30)39-35-18-5-7-20-37(35)40(38-21-8-6-19-36(38)39)34-22-10-14-28-12-3-4-17-33(28)34;1-2-12-24(13-3-1)33-26-15-6-8-17-28(26)34(29-18-9-7-16-27(29)33)30-19-10-20-32-35(30)31-22-21-23-11-4-5-14-25(23)36(31)37-32/h1-26H;1-22H/i1D,2D,3D,4D,5D,6D,7D,8D,9D,10D,11D,12D,13D,14D,15D,16D,17D,18D,19D,20D,21D,22D,23D,24D,25D,26D;1D,2D,3D,4D,5D,6D,7D,8D,9D,10D,11D,12D,13D,14D,15D,16D,17D,18D,19D,20D,21D,22D. The largest absolute Gasteiger partial charge is 0.455 e.